The molecule has 1 amide bonds. The number of ether oxygens (including phenoxy) is 1. The van der Waals surface area contributed by atoms with Crippen molar-refractivity contribution in [2.45, 2.75) is 39.0 Å². The number of carbonyl (C=O) groups is 1. The summed E-state index contributed by atoms with van der Waals surface area (Å²) in [6, 6.07) is 10.0. The Balaban J connectivity index is 1.60. The van der Waals surface area contributed by atoms with E-state index < -0.39 is 23.6 Å². The van der Waals surface area contributed by atoms with Crippen molar-refractivity contribution in [3.05, 3.63) is 54.1 Å². The highest BCUT2D eigenvalue weighted by molar-refractivity contribution is 5.93. The molecular formula is C27H33FN10O2. The molecule has 0 aliphatic heterocycles. The van der Waals surface area contributed by atoms with Gasteiger partial charge in [0.1, 0.15) is 11.7 Å². The van der Waals surface area contributed by atoms with Gasteiger partial charge in [-0.3, -0.25) is 9.36 Å². The van der Waals surface area contributed by atoms with Gasteiger partial charge >= 0.3 is 6.09 Å². The van der Waals surface area contributed by atoms with Crippen LogP contribution in [-0.4, -0.2) is 62.9 Å². The number of fused-ring (bicyclic) bond motifs is 1. The fourth-order valence-electron chi connectivity index (χ4n) is 4.07. The maximum Gasteiger partial charge on any atom is 0.407 e. The molecule has 0 unspecified atom stereocenters. The van der Waals surface area contributed by atoms with Gasteiger partial charge in [-0.2, -0.15) is 15.5 Å². The molecule has 3 N–H and O–H groups in total. The van der Waals surface area contributed by atoms with Crippen LogP contribution < -0.4 is 20.9 Å². The zero-order valence-electron chi connectivity index (χ0n) is 23.4. The van der Waals surface area contributed by atoms with Gasteiger partial charge < -0.3 is 25.6 Å². The molecular weight excluding hydrogens is 515 g/mol. The Morgan fingerprint density at radius 1 is 1.25 bits per heavy atom. The topological polar surface area (TPSA) is 138 Å². The maximum absolute atomic E-state index is 15.1. The number of hydrogen-bond acceptors (Lipinski definition) is 9. The van der Waals surface area contributed by atoms with E-state index in [0.717, 1.165) is 22.8 Å². The number of pyridine rings is 1. The quantitative estimate of drug-likeness (QED) is 0.283. The molecule has 0 spiro atoms. The van der Waals surface area contributed by atoms with Gasteiger partial charge in [0, 0.05) is 51.2 Å². The molecule has 4 aromatic rings. The monoisotopic (exact) mass is 548 g/mol. The van der Waals surface area contributed by atoms with Crippen molar-refractivity contribution in [3.8, 4) is 6.07 Å². The molecule has 3 heterocycles. The summed E-state index contributed by atoms with van der Waals surface area (Å²) in [5.74, 6) is 0.178. The van der Waals surface area contributed by atoms with E-state index in [9.17, 15) is 10.1 Å². The Kier molecular flexibility index (Phi) is 8.08. The Bertz CT molecular complexity index is 1530. The predicted molar refractivity (Wildman–Crippen MR) is 151 cm³/mol. The van der Waals surface area contributed by atoms with Crippen LogP contribution in [0.5, 0.6) is 0 Å². The number of amides is 1. The van der Waals surface area contributed by atoms with Crippen molar-refractivity contribution in [2.75, 3.05) is 36.2 Å². The average Bonchev–Trinajstić information content (AvgIpc) is 3.50. The van der Waals surface area contributed by atoms with Crippen LogP contribution in [0.25, 0.3) is 10.9 Å². The largest absolute Gasteiger partial charge is 0.444 e. The van der Waals surface area contributed by atoms with Gasteiger partial charge in [0.2, 0.25) is 0 Å². The van der Waals surface area contributed by atoms with Crippen molar-refractivity contribution < 1.29 is 13.9 Å². The summed E-state index contributed by atoms with van der Waals surface area (Å²) in [5.41, 5.74) is 0.966. The third-order valence-corrected chi connectivity index (χ3v) is 5.81. The van der Waals surface area contributed by atoms with Gasteiger partial charge in [-0.05, 0) is 51.1 Å². The minimum atomic E-state index is -0.706. The first kappa shape index (κ1) is 28.2. The second-order valence-corrected chi connectivity index (χ2v) is 10.5. The number of halogens is 1. The number of nitriles is 1. The van der Waals surface area contributed by atoms with Crippen LogP contribution in [0.3, 0.4) is 0 Å². The number of anilines is 4. The van der Waals surface area contributed by atoms with Gasteiger partial charge in [-0.15, -0.1) is 0 Å². The summed E-state index contributed by atoms with van der Waals surface area (Å²) in [7, 11) is 5.69. The lowest BCUT2D eigenvalue weighted by Crippen LogP contribution is -2.41. The fourth-order valence-corrected chi connectivity index (χ4v) is 4.07. The highest BCUT2D eigenvalue weighted by Gasteiger charge is 2.21. The van der Waals surface area contributed by atoms with E-state index in [4.69, 9.17) is 4.74 Å². The maximum atomic E-state index is 15.1. The summed E-state index contributed by atoms with van der Waals surface area (Å²) >= 11 is 0. The van der Waals surface area contributed by atoms with Crippen molar-refractivity contribution in [2.24, 2.45) is 7.05 Å². The molecule has 0 radical (unpaired) electrons. The molecule has 0 aliphatic carbocycles. The molecule has 12 nitrogen and oxygen atoms in total. The molecule has 0 bridgehead atoms. The first-order valence-corrected chi connectivity index (χ1v) is 12.7. The number of aryl methyl sites for hydroxylation is 1. The molecule has 0 saturated heterocycles. The molecule has 0 saturated carbocycles. The summed E-state index contributed by atoms with van der Waals surface area (Å²) in [6.07, 6.45) is 2.79. The van der Waals surface area contributed by atoms with Gasteiger partial charge in [0.15, 0.2) is 23.3 Å². The summed E-state index contributed by atoms with van der Waals surface area (Å²) < 4.78 is 23.9. The Labute approximate surface area is 231 Å². The number of nitrogens with one attached hydrogen (secondary N) is 3. The van der Waals surface area contributed by atoms with E-state index in [-0.39, 0.29) is 23.7 Å². The molecule has 0 aliphatic rings. The zero-order valence-corrected chi connectivity index (χ0v) is 23.4. The van der Waals surface area contributed by atoms with E-state index in [1.165, 1.54) is 0 Å². The lowest BCUT2D eigenvalue weighted by molar-refractivity contribution is 0.0524. The van der Waals surface area contributed by atoms with Crippen molar-refractivity contribution in [3.63, 3.8) is 0 Å². The minimum absolute atomic E-state index is 0.0395. The van der Waals surface area contributed by atoms with Crippen molar-refractivity contribution in [1.29, 1.82) is 5.26 Å². The number of benzene rings is 1. The summed E-state index contributed by atoms with van der Waals surface area (Å²) in [5, 5.41) is 28.3. The van der Waals surface area contributed by atoms with Crippen LogP contribution in [0.4, 0.5) is 32.3 Å². The molecule has 40 heavy (non-hydrogen) atoms. The van der Waals surface area contributed by atoms with Crippen LogP contribution in [0.15, 0.2) is 42.7 Å². The number of hydrogen-bond donors (Lipinski definition) is 3. The first-order chi connectivity index (χ1) is 18.9. The predicted octanol–water partition coefficient (Wildman–Crippen LogP) is 3.99. The van der Waals surface area contributed by atoms with E-state index in [2.05, 4.69) is 31.1 Å². The SMILES string of the molecule is CN(C)c1nn(C)c2ccc(Nc3nc(N[C@@H](CNC(=O)OC(C)(C)C)Cn4cccn4)c(F)cc3C#N)cc12. The lowest BCUT2D eigenvalue weighted by Gasteiger charge is -2.23. The Hall–Kier alpha value is -4.86. The number of nitrogens with zero attached hydrogens (tertiary/aromatic N) is 7. The highest BCUT2D eigenvalue weighted by atomic mass is 19.1. The molecule has 13 heteroatoms. The van der Waals surface area contributed by atoms with Crippen LogP contribution >= 0.6 is 0 Å². The second kappa shape index (κ2) is 11.5. The molecule has 1 aromatic carbocycles. The third-order valence-electron chi connectivity index (χ3n) is 5.81. The third kappa shape index (κ3) is 6.76. The zero-order chi connectivity index (χ0) is 29.0. The number of alkyl carbamates (subject to hydrolysis) is 1. The smallest absolute Gasteiger partial charge is 0.407 e. The summed E-state index contributed by atoms with van der Waals surface area (Å²) in [4.78, 5) is 18.6. The number of carbonyl (C=O) groups excluding carboxylic acids is 1. The van der Waals surface area contributed by atoms with Crippen LogP contribution in [0.1, 0.15) is 26.3 Å². The second-order valence-electron chi connectivity index (χ2n) is 10.5. The standard InChI is InChI=1S/C27H33FN10O2/c1-27(2,3)40-26(39)30-15-19(16-38-11-7-10-31-38)33-24-21(28)12-17(14-29)23(34-24)32-18-8-9-22-20(13-18)25(36(4)5)35-37(22)6/h7-13,19H,15-16H2,1-6H3,(H,30,39)(H2,32,33,34)/t19-/m0/s1. The number of aromatic nitrogens is 5. The lowest BCUT2D eigenvalue weighted by atomic mass is 10.2. The van der Waals surface area contributed by atoms with E-state index >= 15 is 4.39 Å². The van der Waals surface area contributed by atoms with Crippen LogP contribution in [0.2, 0.25) is 0 Å². The molecule has 3 aromatic heterocycles. The average molecular weight is 549 g/mol. The Morgan fingerprint density at radius 2 is 2.02 bits per heavy atom. The Morgan fingerprint density at radius 3 is 2.67 bits per heavy atom. The normalized spacial score (nSPS) is 12.1. The molecule has 210 valence electrons. The van der Waals surface area contributed by atoms with Crippen LogP contribution in [-0.2, 0) is 18.3 Å². The van der Waals surface area contributed by atoms with Gasteiger partial charge in [0.05, 0.1) is 23.7 Å². The molecule has 4 rings (SSSR count). The van der Waals surface area contributed by atoms with E-state index in [1.54, 1.807) is 48.6 Å². The van der Waals surface area contributed by atoms with Gasteiger partial charge in [-0.25, -0.2) is 14.2 Å². The van der Waals surface area contributed by atoms with E-state index in [1.807, 2.05) is 50.3 Å². The first-order valence-electron chi connectivity index (χ1n) is 12.7. The van der Waals surface area contributed by atoms with Crippen LogP contribution in [0, 0.1) is 17.1 Å². The number of rotatable bonds is 9. The van der Waals surface area contributed by atoms with Gasteiger partial charge in [-0.1, -0.05) is 0 Å². The molecule has 1 atom stereocenters. The van der Waals surface area contributed by atoms with Crippen molar-refractivity contribution >= 4 is 40.1 Å². The fraction of sp³-hybridized carbons (Fsp3) is 0.370. The highest BCUT2D eigenvalue weighted by Crippen LogP contribution is 2.30. The van der Waals surface area contributed by atoms with Gasteiger partial charge in [0.25, 0.3) is 0 Å². The molecule has 0 fully saturated rings. The summed E-state index contributed by atoms with van der Waals surface area (Å²) in [6.45, 7) is 5.71. The van der Waals surface area contributed by atoms with E-state index in [0.29, 0.717) is 12.2 Å². The minimum Gasteiger partial charge on any atom is -0.444 e. The van der Waals surface area contributed by atoms with Crippen molar-refractivity contribution in [1.82, 2.24) is 29.9 Å².